The van der Waals surface area contributed by atoms with E-state index in [1.165, 1.54) is 22.1 Å². The van der Waals surface area contributed by atoms with Gasteiger partial charge in [0.25, 0.3) is 0 Å². The van der Waals surface area contributed by atoms with Crippen LogP contribution < -0.4 is 10.5 Å². The van der Waals surface area contributed by atoms with E-state index in [1.807, 2.05) is 80.3 Å². The third kappa shape index (κ3) is 8.05. The fourth-order valence-electron chi connectivity index (χ4n) is 13.0. The van der Waals surface area contributed by atoms with Crippen LogP contribution in [0.1, 0.15) is 0 Å². The number of hydrogen-bond acceptors (Lipinski definition) is 12. The highest BCUT2D eigenvalue weighted by Crippen LogP contribution is 2.47. The highest BCUT2D eigenvalue weighted by atomic mass is 32.1. The van der Waals surface area contributed by atoms with Crippen LogP contribution in [0.15, 0.2) is 259 Å². The Balaban J connectivity index is 0.733. The lowest BCUT2D eigenvalue weighted by Gasteiger charge is -2.19. The van der Waals surface area contributed by atoms with Crippen molar-refractivity contribution >= 4 is 95.8 Å². The Morgan fingerprint density at radius 2 is 0.784 bits per heavy atom. The fraction of sp³-hybridized carbons (Fsp3) is 0. The molecule has 11 nitrogen and oxygen atoms in total. The predicted octanol–water partition coefficient (Wildman–Crippen LogP) is 16.5. The summed E-state index contributed by atoms with van der Waals surface area (Å²) in [5.74, 6) is 0. The van der Waals surface area contributed by atoms with E-state index in [0.717, 1.165) is 170 Å². The van der Waals surface area contributed by atoms with Crippen molar-refractivity contribution in [3.63, 3.8) is 0 Å². The standard InChI is InChI=1S/C75H43N9O2SSi/c1-2-8-50(49(7-1)43-21-29-77-30-22-43)46-17-18-65-61(35-46)68-75(88-65)82-41-64(84-68)58-16-6-14-56-54-12-4-10-52(70(54)86-72(56)58)51-9-3-11-53-55-13-5-15-57(71(55)85-69(51)53)63-40-81-74-67(83-63)62-38-48(39-80-73(62)87-74)66-59(44-23-31-78-32-24-44)36-47(42-19-27-76-28-20-42)37-60(66)45-25-33-79-34-26-45/h1-41H,88H2. The summed E-state index contributed by atoms with van der Waals surface area (Å²) in [4.78, 5) is 45.2. The summed E-state index contributed by atoms with van der Waals surface area (Å²) in [7, 11) is -0.828. The van der Waals surface area contributed by atoms with Crippen LogP contribution in [0.25, 0.3) is 176 Å². The Labute approximate surface area is 508 Å². The first-order valence-corrected chi connectivity index (χ1v) is 31.2. The van der Waals surface area contributed by atoms with Crippen LogP contribution >= 0.6 is 11.3 Å². The van der Waals surface area contributed by atoms with Gasteiger partial charge in [0.15, 0.2) is 0 Å². The molecule has 0 atom stereocenters. The zero-order valence-corrected chi connectivity index (χ0v) is 48.9. The molecule has 13 heteroatoms. The van der Waals surface area contributed by atoms with E-state index < -0.39 is 9.52 Å². The number of rotatable bonds is 9. The number of nitrogens with zero attached hydrogens (tertiary/aromatic N) is 9. The third-order valence-corrected chi connectivity index (χ3v) is 20.0. The Hall–Kier alpha value is -11.5. The molecule has 1 aliphatic rings. The van der Waals surface area contributed by atoms with Gasteiger partial charge in [-0.3, -0.25) is 24.9 Å². The molecule has 1 aliphatic heterocycles. The summed E-state index contributed by atoms with van der Waals surface area (Å²) in [5, 5.41) is 7.32. The van der Waals surface area contributed by atoms with Crippen molar-refractivity contribution in [1.29, 1.82) is 0 Å². The van der Waals surface area contributed by atoms with Gasteiger partial charge in [0.1, 0.15) is 47.0 Å². The van der Waals surface area contributed by atoms with Crippen LogP contribution in [-0.4, -0.2) is 54.4 Å². The average Bonchev–Trinajstić information content (AvgIpc) is 1.72. The molecular formula is C75H43N9O2SSi. The van der Waals surface area contributed by atoms with Crippen LogP contribution in [0.5, 0.6) is 0 Å². The van der Waals surface area contributed by atoms with E-state index in [9.17, 15) is 0 Å². The van der Waals surface area contributed by atoms with Crippen molar-refractivity contribution in [2.75, 3.05) is 0 Å². The molecule has 17 aromatic rings. The number of fused-ring (bicyclic) bond motifs is 12. The van der Waals surface area contributed by atoms with Crippen molar-refractivity contribution in [2.24, 2.45) is 0 Å². The van der Waals surface area contributed by atoms with Crippen molar-refractivity contribution in [1.82, 2.24) is 44.9 Å². The van der Waals surface area contributed by atoms with Gasteiger partial charge in [-0.2, -0.15) is 0 Å². The SMILES string of the molecule is c1ccc(-c2ccc3c(c2)-c2nc(-c4cccc5c4oc4c(-c6cccc7c6oc6c(-c8cnc9sc%10ncc(-c%11c(-c%12ccncc%12)cc(-c%12ccncc%12)cc%11-c%11ccncc%11)cc%10c9n8)cccc67)cccc45)cnc2[SiH2]3)c(-c2ccncc2)c1. The normalized spacial score (nSPS) is 12.3. The topological polar surface area (TPSA) is 142 Å². The molecule has 0 fully saturated rings. The third-order valence-electron chi connectivity index (χ3n) is 17.2. The molecular weight excluding hydrogens is 1120 g/mol. The summed E-state index contributed by atoms with van der Waals surface area (Å²) in [6.07, 6.45) is 20.4. The van der Waals surface area contributed by atoms with Gasteiger partial charge >= 0.3 is 0 Å². The maximum absolute atomic E-state index is 7.14. The molecule has 410 valence electrons. The summed E-state index contributed by atoms with van der Waals surface area (Å²) in [6, 6.07) is 63.8. The minimum Gasteiger partial charge on any atom is -0.455 e. The van der Waals surface area contributed by atoms with Gasteiger partial charge in [-0.1, -0.05) is 114 Å². The van der Waals surface area contributed by atoms with Crippen molar-refractivity contribution < 1.29 is 8.83 Å². The molecule has 0 radical (unpaired) electrons. The zero-order valence-electron chi connectivity index (χ0n) is 46.6. The maximum Gasteiger partial charge on any atom is 0.144 e. The second-order valence-electron chi connectivity index (χ2n) is 22.1. The molecule has 0 spiro atoms. The molecule has 7 aromatic carbocycles. The smallest absolute Gasteiger partial charge is 0.144 e. The summed E-state index contributed by atoms with van der Waals surface area (Å²) in [5.41, 5.74) is 23.8. The summed E-state index contributed by atoms with van der Waals surface area (Å²) >= 11 is 1.53. The lowest BCUT2D eigenvalue weighted by molar-refractivity contribution is 0.666. The molecule has 0 N–H and O–H groups in total. The van der Waals surface area contributed by atoms with E-state index in [2.05, 4.69) is 190 Å². The van der Waals surface area contributed by atoms with Crippen LogP contribution in [0.3, 0.4) is 0 Å². The largest absolute Gasteiger partial charge is 0.455 e. The molecule has 0 aliphatic carbocycles. The maximum atomic E-state index is 7.14. The minimum atomic E-state index is -0.828. The number of para-hydroxylation sites is 4. The lowest BCUT2D eigenvalue weighted by Crippen LogP contribution is -2.23. The van der Waals surface area contributed by atoms with Gasteiger partial charge in [-0.15, -0.1) is 0 Å². The molecule has 0 saturated heterocycles. The quantitative estimate of drug-likeness (QED) is 0.127. The van der Waals surface area contributed by atoms with Crippen molar-refractivity contribution in [3.05, 3.63) is 250 Å². The first-order chi connectivity index (χ1) is 43.6. The van der Waals surface area contributed by atoms with Gasteiger partial charge in [-0.05, 0) is 146 Å². The zero-order chi connectivity index (χ0) is 57.8. The van der Waals surface area contributed by atoms with Crippen molar-refractivity contribution in [2.45, 2.75) is 0 Å². The van der Waals surface area contributed by atoms with Crippen molar-refractivity contribution in [3.8, 4) is 112 Å². The highest BCUT2D eigenvalue weighted by Gasteiger charge is 2.27. The van der Waals surface area contributed by atoms with E-state index >= 15 is 0 Å². The minimum absolute atomic E-state index is 0.694. The van der Waals surface area contributed by atoms with Gasteiger partial charge in [-0.25, -0.2) is 19.9 Å². The molecule has 11 heterocycles. The first kappa shape index (κ1) is 49.9. The summed E-state index contributed by atoms with van der Waals surface area (Å²) < 4.78 is 14.2. The van der Waals surface area contributed by atoms with E-state index in [4.69, 9.17) is 33.8 Å². The Morgan fingerprint density at radius 3 is 1.36 bits per heavy atom. The number of hydrogen-bond donors (Lipinski definition) is 0. The Kier molecular flexibility index (Phi) is 11.4. The number of thiophene rings is 1. The van der Waals surface area contributed by atoms with Gasteiger partial charge in [0, 0.05) is 121 Å². The van der Waals surface area contributed by atoms with Crippen LogP contribution in [0.4, 0.5) is 0 Å². The molecule has 0 amide bonds. The van der Waals surface area contributed by atoms with E-state index in [0.29, 0.717) is 5.69 Å². The molecule has 0 saturated carbocycles. The van der Waals surface area contributed by atoms with Crippen LogP contribution in [0, 0.1) is 0 Å². The second kappa shape index (κ2) is 20.1. The monoisotopic (exact) mass is 1160 g/mol. The van der Waals surface area contributed by atoms with Gasteiger partial charge in [0.05, 0.1) is 29.5 Å². The molecule has 18 rings (SSSR count). The molecule has 0 unspecified atom stereocenters. The van der Waals surface area contributed by atoms with Crippen LogP contribution in [-0.2, 0) is 0 Å². The number of benzene rings is 7. The second-order valence-corrected chi connectivity index (χ2v) is 24.8. The molecule has 88 heavy (non-hydrogen) atoms. The van der Waals surface area contributed by atoms with E-state index in [1.54, 1.807) is 0 Å². The molecule has 10 aromatic heterocycles. The van der Waals surface area contributed by atoms with Gasteiger partial charge in [0.2, 0.25) is 0 Å². The lowest BCUT2D eigenvalue weighted by atomic mass is 9.85. The average molecular weight is 1160 g/mol. The first-order valence-electron chi connectivity index (χ1n) is 29.0. The van der Waals surface area contributed by atoms with E-state index in [-0.39, 0.29) is 0 Å². The fourth-order valence-corrected chi connectivity index (χ4v) is 15.6. The predicted molar refractivity (Wildman–Crippen MR) is 356 cm³/mol. The number of aromatic nitrogens is 9. The Morgan fingerprint density at radius 1 is 0.318 bits per heavy atom. The van der Waals surface area contributed by atoms with Crippen LogP contribution in [0.2, 0.25) is 0 Å². The Bertz CT molecular complexity index is 5620. The number of pyridine rings is 5. The summed E-state index contributed by atoms with van der Waals surface area (Å²) in [6.45, 7) is 0. The highest BCUT2D eigenvalue weighted by molar-refractivity contribution is 7.25. The molecule has 0 bridgehead atoms. The van der Waals surface area contributed by atoms with Gasteiger partial charge < -0.3 is 8.83 Å². The number of furan rings is 2.